The Morgan fingerprint density at radius 1 is 1.15 bits per heavy atom. The quantitative estimate of drug-likeness (QED) is 0.662. The minimum Gasteiger partial charge on any atom is -0.508 e. The Balaban J connectivity index is 1.79. The first kappa shape index (κ1) is 22.9. The van der Waals surface area contributed by atoms with Gasteiger partial charge in [0, 0.05) is 30.4 Å². The summed E-state index contributed by atoms with van der Waals surface area (Å²) in [7, 11) is 1.94. The average molecular weight is 456 g/mol. The molecule has 0 saturated heterocycles. The predicted octanol–water partition coefficient (Wildman–Crippen LogP) is 4.02. The standard InChI is InChI=1S/C25H26F2N2O4/c1-15-6-5-7-19-22(15)24(2,3)25(28(19)4)9-8-16-10-18(30)11-17(23(16)33-25)12-29(13-20(26)31)14-21(27)32/h5-11,30H,12-14H2,1-4H3. The van der Waals surface area contributed by atoms with Crippen molar-refractivity contribution in [2.75, 3.05) is 25.0 Å². The van der Waals surface area contributed by atoms with Gasteiger partial charge < -0.3 is 14.7 Å². The van der Waals surface area contributed by atoms with Gasteiger partial charge in [0.2, 0.25) is 5.72 Å². The number of benzene rings is 2. The Morgan fingerprint density at radius 3 is 2.42 bits per heavy atom. The lowest BCUT2D eigenvalue weighted by Crippen LogP contribution is -2.58. The number of aromatic hydroxyl groups is 1. The molecule has 0 aromatic heterocycles. The fourth-order valence-corrected chi connectivity index (χ4v) is 5.25. The maximum atomic E-state index is 13.1. The summed E-state index contributed by atoms with van der Waals surface area (Å²) in [6, 6.07) is 5.65. The lowest BCUT2D eigenvalue weighted by molar-refractivity contribution is -0.133. The molecule has 1 unspecified atom stereocenters. The van der Waals surface area contributed by atoms with Gasteiger partial charge in [-0.2, -0.15) is 8.78 Å². The van der Waals surface area contributed by atoms with Crippen LogP contribution in [0.1, 0.15) is 36.1 Å². The van der Waals surface area contributed by atoms with Crippen LogP contribution in [0.25, 0.3) is 6.08 Å². The molecular weight excluding hydrogens is 430 g/mol. The molecule has 4 rings (SSSR count). The van der Waals surface area contributed by atoms with Crippen molar-refractivity contribution in [3.8, 4) is 11.5 Å². The molecule has 8 heteroatoms. The van der Waals surface area contributed by atoms with Crippen molar-refractivity contribution in [3.05, 3.63) is 58.7 Å². The summed E-state index contributed by atoms with van der Waals surface area (Å²) >= 11 is 0. The lowest BCUT2D eigenvalue weighted by Gasteiger charge is -2.46. The number of likely N-dealkylation sites (N-methyl/N-ethyl adjacent to an activating group) is 1. The first-order valence-corrected chi connectivity index (χ1v) is 10.6. The van der Waals surface area contributed by atoms with E-state index < -0.39 is 36.3 Å². The fourth-order valence-electron chi connectivity index (χ4n) is 5.25. The van der Waals surface area contributed by atoms with Crippen molar-refractivity contribution < 1.29 is 28.2 Å². The summed E-state index contributed by atoms with van der Waals surface area (Å²) in [4.78, 5) is 25.2. The van der Waals surface area contributed by atoms with E-state index in [0.717, 1.165) is 21.7 Å². The van der Waals surface area contributed by atoms with Gasteiger partial charge in [0.1, 0.15) is 11.5 Å². The first-order chi connectivity index (χ1) is 15.5. The third-order valence-corrected chi connectivity index (χ3v) is 6.65. The van der Waals surface area contributed by atoms with E-state index in [9.17, 15) is 23.5 Å². The SMILES string of the molecule is Cc1cccc2c1C(C)(C)C1(C=Cc3cc(O)cc(CN(CC(=O)F)CC(=O)F)c3O1)N2C. The normalized spacial score (nSPS) is 20.0. The summed E-state index contributed by atoms with van der Waals surface area (Å²) in [6.07, 6.45) is 3.80. The van der Waals surface area contributed by atoms with Crippen LogP contribution in [0.2, 0.25) is 0 Å². The highest BCUT2D eigenvalue weighted by atomic mass is 19.1. The maximum Gasteiger partial charge on any atom is 0.315 e. The van der Waals surface area contributed by atoms with Crippen molar-refractivity contribution in [3.63, 3.8) is 0 Å². The van der Waals surface area contributed by atoms with Crippen LogP contribution in [-0.2, 0) is 21.5 Å². The van der Waals surface area contributed by atoms with Crippen LogP contribution in [-0.4, -0.2) is 47.9 Å². The second kappa shape index (κ2) is 7.95. The maximum absolute atomic E-state index is 13.1. The number of fused-ring (bicyclic) bond motifs is 2. The molecule has 0 saturated carbocycles. The number of ether oxygens (including phenoxy) is 1. The molecule has 6 nitrogen and oxygen atoms in total. The van der Waals surface area contributed by atoms with Crippen molar-refractivity contribution in [1.29, 1.82) is 0 Å². The van der Waals surface area contributed by atoms with E-state index in [0.29, 0.717) is 16.9 Å². The highest BCUT2D eigenvalue weighted by Crippen LogP contribution is 2.55. The van der Waals surface area contributed by atoms with Gasteiger partial charge in [-0.15, -0.1) is 0 Å². The lowest BCUT2D eigenvalue weighted by atomic mass is 9.75. The summed E-state index contributed by atoms with van der Waals surface area (Å²) < 4.78 is 32.9. The topological polar surface area (TPSA) is 70.1 Å². The van der Waals surface area contributed by atoms with Crippen molar-refractivity contribution >= 4 is 23.8 Å². The highest BCUT2D eigenvalue weighted by molar-refractivity contribution is 5.75. The number of carbonyl (C=O) groups excluding carboxylic acids is 2. The number of nitrogens with zero attached hydrogens (tertiary/aromatic N) is 2. The number of carbonyl (C=O) groups is 2. The second-order valence-corrected chi connectivity index (χ2v) is 9.16. The molecule has 0 amide bonds. The molecule has 0 aliphatic carbocycles. The zero-order valence-electron chi connectivity index (χ0n) is 19.0. The van der Waals surface area contributed by atoms with Gasteiger partial charge in [-0.25, -0.2) is 0 Å². The Bertz CT molecular complexity index is 1160. The molecule has 1 spiro atoms. The number of hydrogen-bond acceptors (Lipinski definition) is 6. The monoisotopic (exact) mass is 456 g/mol. The van der Waals surface area contributed by atoms with Gasteiger partial charge in [0.05, 0.1) is 18.5 Å². The van der Waals surface area contributed by atoms with Crippen LogP contribution in [0.3, 0.4) is 0 Å². The van der Waals surface area contributed by atoms with E-state index in [1.165, 1.54) is 12.1 Å². The molecule has 2 aromatic rings. The minimum absolute atomic E-state index is 0.0655. The third-order valence-electron chi connectivity index (χ3n) is 6.65. The third kappa shape index (κ3) is 3.68. The van der Waals surface area contributed by atoms with Crippen LogP contribution < -0.4 is 9.64 Å². The van der Waals surface area contributed by atoms with E-state index in [1.807, 2.05) is 31.3 Å². The van der Waals surface area contributed by atoms with Crippen LogP contribution in [0.4, 0.5) is 14.5 Å². The Labute approximate surface area is 191 Å². The summed E-state index contributed by atoms with van der Waals surface area (Å²) in [5.74, 6) is 0.354. The number of halogens is 2. The zero-order chi connectivity index (χ0) is 24.1. The summed E-state index contributed by atoms with van der Waals surface area (Å²) in [5.41, 5.74) is 2.92. The average Bonchev–Trinajstić information content (AvgIpc) is 2.86. The highest BCUT2D eigenvalue weighted by Gasteiger charge is 2.58. The Kier molecular flexibility index (Phi) is 5.52. The number of anilines is 1. The smallest absolute Gasteiger partial charge is 0.315 e. The number of aryl methyl sites for hydroxylation is 1. The molecule has 174 valence electrons. The van der Waals surface area contributed by atoms with Crippen molar-refractivity contribution in [2.24, 2.45) is 0 Å². The molecule has 2 aliphatic rings. The van der Waals surface area contributed by atoms with E-state index >= 15 is 0 Å². The van der Waals surface area contributed by atoms with E-state index in [2.05, 4.69) is 31.7 Å². The van der Waals surface area contributed by atoms with Crippen LogP contribution in [0, 0.1) is 6.92 Å². The molecule has 2 aromatic carbocycles. The molecule has 1 N–H and O–H groups in total. The van der Waals surface area contributed by atoms with Gasteiger partial charge in [0.15, 0.2) is 0 Å². The largest absolute Gasteiger partial charge is 0.508 e. The Hall–Kier alpha value is -3.26. The zero-order valence-corrected chi connectivity index (χ0v) is 19.0. The van der Waals surface area contributed by atoms with Crippen LogP contribution >= 0.6 is 0 Å². The van der Waals surface area contributed by atoms with Gasteiger partial charge in [-0.1, -0.05) is 12.1 Å². The number of hydrogen-bond donors (Lipinski definition) is 1. The number of phenolic OH excluding ortho intramolecular Hbond substituents is 1. The van der Waals surface area contributed by atoms with Crippen LogP contribution in [0.5, 0.6) is 11.5 Å². The van der Waals surface area contributed by atoms with Gasteiger partial charge >= 0.3 is 12.1 Å². The summed E-state index contributed by atoms with van der Waals surface area (Å²) in [6.45, 7) is 4.56. The van der Waals surface area contributed by atoms with Crippen molar-refractivity contribution in [2.45, 2.75) is 38.5 Å². The van der Waals surface area contributed by atoms with Crippen LogP contribution in [0.15, 0.2) is 36.4 Å². The molecule has 0 bridgehead atoms. The summed E-state index contributed by atoms with van der Waals surface area (Å²) in [5, 5.41) is 10.2. The van der Waals surface area contributed by atoms with Gasteiger partial charge in [-0.3, -0.25) is 14.5 Å². The van der Waals surface area contributed by atoms with E-state index in [-0.39, 0.29) is 12.3 Å². The van der Waals surface area contributed by atoms with Gasteiger partial charge in [-0.05, 0) is 62.2 Å². The number of phenols is 1. The predicted molar refractivity (Wildman–Crippen MR) is 121 cm³/mol. The molecule has 1 atom stereocenters. The molecule has 33 heavy (non-hydrogen) atoms. The molecule has 0 radical (unpaired) electrons. The molecule has 0 fully saturated rings. The molecular formula is C25H26F2N2O4. The number of rotatable bonds is 6. The fraction of sp³-hybridized carbons (Fsp3) is 0.360. The first-order valence-electron chi connectivity index (χ1n) is 10.6. The van der Waals surface area contributed by atoms with E-state index in [4.69, 9.17) is 4.74 Å². The Morgan fingerprint density at radius 2 is 1.82 bits per heavy atom. The molecule has 2 aliphatic heterocycles. The van der Waals surface area contributed by atoms with Crippen molar-refractivity contribution in [1.82, 2.24) is 4.90 Å². The minimum atomic E-state index is -1.69. The van der Waals surface area contributed by atoms with E-state index in [1.54, 1.807) is 0 Å². The van der Waals surface area contributed by atoms with Gasteiger partial charge in [0.25, 0.3) is 0 Å². The second-order valence-electron chi connectivity index (χ2n) is 9.16. The molecule has 2 heterocycles.